The summed E-state index contributed by atoms with van der Waals surface area (Å²) in [5.41, 5.74) is 2.48. The van der Waals surface area contributed by atoms with Crippen LogP contribution < -0.4 is 10.6 Å². The maximum absolute atomic E-state index is 13.1. The number of amides is 2. The van der Waals surface area contributed by atoms with E-state index in [0.717, 1.165) is 23.4 Å². The number of rotatable bonds is 3. The number of aromatic nitrogens is 2. The maximum atomic E-state index is 13.1. The second-order valence-corrected chi connectivity index (χ2v) is 8.17. The molecule has 0 aliphatic heterocycles. The fourth-order valence-corrected chi connectivity index (χ4v) is 3.06. The molecule has 5 nitrogen and oxygen atoms in total. The van der Waals surface area contributed by atoms with Crippen LogP contribution in [0.2, 0.25) is 0 Å². The molecule has 1 aliphatic carbocycles. The Balaban J connectivity index is 1.71. The monoisotopic (exact) mass is 356 g/mol. The third-order valence-corrected chi connectivity index (χ3v) is 4.34. The van der Waals surface area contributed by atoms with Gasteiger partial charge in [0.1, 0.15) is 5.82 Å². The average Bonchev–Trinajstić information content (AvgIpc) is 2.95. The van der Waals surface area contributed by atoms with Crippen LogP contribution in [0.4, 0.5) is 9.18 Å². The number of nitrogens with one attached hydrogen (secondary N) is 2. The minimum atomic E-state index is -0.267. The molecular weight excluding hydrogens is 331 g/mol. The fraction of sp³-hybridized carbons (Fsp3) is 0.400. The van der Waals surface area contributed by atoms with E-state index in [1.165, 1.54) is 12.1 Å². The highest BCUT2D eigenvalue weighted by atomic mass is 19.1. The fourth-order valence-electron chi connectivity index (χ4n) is 3.06. The average molecular weight is 356 g/mol. The summed E-state index contributed by atoms with van der Waals surface area (Å²) < 4.78 is 14.9. The van der Waals surface area contributed by atoms with E-state index in [1.807, 2.05) is 37.7 Å². The SMILES string of the molecule is CC1(CNC(=O)NC(C)(C)C)C=Cc2c(cnn2-c2ccc(F)cc2)C1. The number of carbonyl (C=O) groups excluding carboxylic acids is 1. The summed E-state index contributed by atoms with van der Waals surface area (Å²) in [6.07, 6.45) is 6.75. The summed E-state index contributed by atoms with van der Waals surface area (Å²) in [5.74, 6) is -0.266. The lowest BCUT2D eigenvalue weighted by Crippen LogP contribution is -2.49. The quantitative estimate of drug-likeness (QED) is 0.881. The summed E-state index contributed by atoms with van der Waals surface area (Å²) in [6.45, 7) is 8.49. The zero-order chi connectivity index (χ0) is 18.9. The number of benzene rings is 1. The van der Waals surface area contributed by atoms with Gasteiger partial charge in [-0.2, -0.15) is 5.10 Å². The van der Waals surface area contributed by atoms with Gasteiger partial charge in [0.05, 0.1) is 17.6 Å². The van der Waals surface area contributed by atoms with Gasteiger partial charge in [-0.1, -0.05) is 13.0 Å². The first kappa shape index (κ1) is 18.2. The molecule has 0 saturated carbocycles. The Hall–Kier alpha value is -2.63. The number of hydrogen-bond donors (Lipinski definition) is 2. The molecule has 0 bridgehead atoms. The van der Waals surface area contributed by atoms with Crippen molar-refractivity contribution in [1.82, 2.24) is 20.4 Å². The molecule has 6 heteroatoms. The topological polar surface area (TPSA) is 59.0 Å². The van der Waals surface area contributed by atoms with E-state index >= 15 is 0 Å². The van der Waals surface area contributed by atoms with Crippen molar-refractivity contribution in [2.45, 2.75) is 39.7 Å². The Labute approximate surface area is 153 Å². The minimum Gasteiger partial charge on any atom is -0.337 e. The molecule has 1 atom stereocenters. The van der Waals surface area contributed by atoms with Gasteiger partial charge in [-0.25, -0.2) is 13.9 Å². The number of nitrogens with zero attached hydrogens (tertiary/aromatic N) is 2. The third-order valence-electron chi connectivity index (χ3n) is 4.34. The first-order valence-corrected chi connectivity index (χ1v) is 8.73. The number of fused-ring (bicyclic) bond motifs is 1. The first-order chi connectivity index (χ1) is 12.2. The molecule has 0 radical (unpaired) electrons. The summed E-state index contributed by atoms with van der Waals surface area (Å²) in [7, 11) is 0. The van der Waals surface area contributed by atoms with Crippen LogP contribution in [0.15, 0.2) is 36.5 Å². The van der Waals surface area contributed by atoms with Gasteiger partial charge in [-0.3, -0.25) is 0 Å². The van der Waals surface area contributed by atoms with E-state index in [0.29, 0.717) is 6.54 Å². The lowest BCUT2D eigenvalue weighted by atomic mass is 9.80. The first-order valence-electron chi connectivity index (χ1n) is 8.73. The van der Waals surface area contributed by atoms with Crippen molar-refractivity contribution in [3.8, 4) is 5.69 Å². The molecule has 0 spiro atoms. The van der Waals surface area contributed by atoms with Gasteiger partial charge < -0.3 is 10.6 Å². The molecular formula is C20H25FN4O. The second-order valence-electron chi connectivity index (χ2n) is 8.17. The van der Waals surface area contributed by atoms with Gasteiger partial charge in [0.25, 0.3) is 0 Å². The van der Waals surface area contributed by atoms with Gasteiger partial charge >= 0.3 is 6.03 Å². The Morgan fingerprint density at radius 2 is 2.00 bits per heavy atom. The number of hydrogen-bond acceptors (Lipinski definition) is 2. The molecule has 2 N–H and O–H groups in total. The normalized spacial score (nSPS) is 19.1. The molecule has 138 valence electrons. The van der Waals surface area contributed by atoms with Crippen LogP contribution in [0.25, 0.3) is 11.8 Å². The van der Waals surface area contributed by atoms with Crippen molar-refractivity contribution in [2.24, 2.45) is 5.41 Å². The highest BCUT2D eigenvalue weighted by Crippen LogP contribution is 2.32. The smallest absolute Gasteiger partial charge is 0.315 e. The van der Waals surface area contributed by atoms with Crippen molar-refractivity contribution >= 4 is 12.1 Å². The zero-order valence-corrected chi connectivity index (χ0v) is 15.6. The highest BCUT2D eigenvalue weighted by Gasteiger charge is 2.29. The van der Waals surface area contributed by atoms with E-state index < -0.39 is 0 Å². The van der Waals surface area contributed by atoms with Crippen LogP contribution in [0.5, 0.6) is 0 Å². The summed E-state index contributed by atoms with van der Waals surface area (Å²) in [6, 6.07) is 6.11. The van der Waals surface area contributed by atoms with E-state index in [2.05, 4.69) is 28.7 Å². The van der Waals surface area contributed by atoms with Gasteiger partial charge in [0, 0.05) is 17.5 Å². The zero-order valence-electron chi connectivity index (χ0n) is 15.6. The van der Waals surface area contributed by atoms with Gasteiger partial charge in [0.15, 0.2) is 0 Å². The van der Waals surface area contributed by atoms with Gasteiger partial charge in [-0.15, -0.1) is 0 Å². The predicted molar refractivity (Wildman–Crippen MR) is 101 cm³/mol. The maximum Gasteiger partial charge on any atom is 0.315 e. The molecule has 26 heavy (non-hydrogen) atoms. The number of halogens is 1. The summed E-state index contributed by atoms with van der Waals surface area (Å²) >= 11 is 0. The molecule has 3 rings (SSSR count). The molecule has 0 saturated heterocycles. The minimum absolute atomic E-state index is 0.167. The van der Waals surface area contributed by atoms with E-state index in [9.17, 15) is 9.18 Å². The number of carbonyl (C=O) groups is 1. The third kappa shape index (κ3) is 4.12. The van der Waals surface area contributed by atoms with Crippen molar-refractivity contribution in [3.63, 3.8) is 0 Å². The lowest BCUT2D eigenvalue weighted by molar-refractivity contribution is 0.227. The van der Waals surface area contributed by atoms with Crippen LogP contribution in [0, 0.1) is 11.2 Å². The van der Waals surface area contributed by atoms with Gasteiger partial charge in [-0.05, 0) is 63.1 Å². The Morgan fingerprint density at radius 1 is 1.31 bits per heavy atom. The van der Waals surface area contributed by atoms with Gasteiger partial charge in [0.2, 0.25) is 0 Å². The molecule has 1 unspecified atom stereocenters. The van der Waals surface area contributed by atoms with Crippen LogP contribution in [-0.4, -0.2) is 27.9 Å². The van der Waals surface area contributed by atoms with Crippen molar-refractivity contribution < 1.29 is 9.18 Å². The number of urea groups is 1. The Bertz CT molecular complexity index is 832. The van der Waals surface area contributed by atoms with Crippen LogP contribution in [0.3, 0.4) is 0 Å². The molecule has 1 aromatic carbocycles. The van der Waals surface area contributed by atoms with E-state index in [4.69, 9.17) is 0 Å². The van der Waals surface area contributed by atoms with E-state index in [1.54, 1.807) is 12.1 Å². The predicted octanol–water partition coefficient (Wildman–Crippen LogP) is 3.68. The van der Waals surface area contributed by atoms with Crippen molar-refractivity contribution in [3.05, 3.63) is 53.6 Å². The van der Waals surface area contributed by atoms with E-state index in [-0.39, 0.29) is 22.8 Å². The molecule has 2 amide bonds. The van der Waals surface area contributed by atoms with Crippen molar-refractivity contribution in [1.29, 1.82) is 0 Å². The highest BCUT2D eigenvalue weighted by molar-refractivity contribution is 5.74. The largest absolute Gasteiger partial charge is 0.337 e. The van der Waals surface area contributed by atoms with Crippen LogP contribution in [-0.2, 0) is 6.42 Å². The molecule has 2 aromatic rings. The molecule has 1 aromatic heterocycles. The Kier molecular flexibility index (Phi) is 4.61. The summed E-state index contributed by atoms with van der Waals surface area (Å²) in [5, 5.41) is 10.3. The molecule has 1 aliphatic rings. The standard InChI is InChI=1S/C20H25FN4O/c1-19(2,3)24-18(26)22-13-20(4)10-9-17-14(11-20)12-23-25(17)16-7-5-15(21)6-8-16/h5-10,12H,11,13H2,1-4H3,(H2,22,24,26). The lowest BCUT2D eigenvalue weighted by Gasteiger charge is -2.30. The van der Waals surface area contributed by atoms with Crippen LogP contribution in [0.1, 0.15) is 39.0 Å². The van der Waals surface area contributed by atoms with Crippen molar-refractivity contribution in [2.75, 3.05) is 6.54 Å². The molecule has 1 heterocycles. The van der Waals surface area contributed by atoms with Crippen LogP contribution >= 0.6 is 0 Å². The second kappa shape index (κ2) is 6.59. The molecule has 0 fully saturated rings. The Morgan fingerprint density at radius 3 is 2.65 bits per heavy atom. The summed E-state index contributed by atoms with van der Waals surface area (Å²) in [4.78, 5) is 12.0.